The molecule has 2 aromatic carbocycles. The molecule has 2 N–H and O–H groups in total. The molecular formula is C15H12BN3O2. The Hall–Kier alpha value is -2.62. The molecule has 0 radical (unpaired) electrons. The Bertz CT molecular complexity index is 819. The normalized spacial score (nSPS) is 10.5. The van der Waals surface area contributed by atoms with E-state index in [4.69, 9.17) is 15.3 Å². The second-order valence-electron chi connectivity index (χ2n) is 4.80. The summed E-state index contributed by atoms with van der Waals surface area (Å²) < 4.78 is 1.99. The summed E-state index contributed by atoms with van der Waals surface area (Å²) in [6, 6.07) is 14.6. The summed E-state index contributed by atoms with van der Waals surface area (Å²) in [5.41, 5.74) is 3.83. The molecule has 102 valence electrons. The van der Waals surface area contributed by atoms with E-state index in [1.807, 2.05) is 22.8 Å². The lowest BCUT2D eigenvalue weighted by molar-refractivity contribution is 0.426. The standard InChI is InChI=1S/C15H12BN3O2/c17-8-12-3-6-15-14(7-12)18-10-19(15)9-11-1-4-13(5-2-11)16(20)21/h1-7,10,20-21H,9H2. The van der Waals surface area contributed by atoms with Gasteiger partial charge in [-0.15, -0.1) is 0 Å². The van der Waals surface area contributed by atoms with Crippen molar-refractivity contribution < 1.29 is 10.0 Å². The van der Waals surface area contributed by atoms with Crippen LogP contribution < -0.4 is 5.46 Å². The predicted octanol–water partition coefficient (Wildman–Crippen LogP) is 0.636. The summed E-state index contributed by atoms with van der Waals surface area (Å²) in [5, 5.41) is 27.0. The van der Waals surface area contributed by atoms with E-state index in [0.29, 0.717) is 17.6 Å². The molecule has 0 aliphatic rings. The minimum absolute atomic E-state index is 0.466. The van der Waals surface area contributed by atoms with Crippen molar-refractivity contribution in [2.45, 2.75) is 6.54 Å². The molecule has 3 aromatic rings. The maximum absolute atomic E-state index is 9.08. The Balaban J connectivity index is 1.89. The number of hydrogen-bond donors (Lipinski definition) is 2. The Morgan fingerprint density at radius 1 is 1.14 bits per heavy atom. The number of rotatable bonds is 3. The molecule has 21 heavy (non-hydrogen) atoms. The van der Waals surface area contributed by atoms with Crippen molar-refractivity contribution in [2.75, 3.05) is 0 Å². The number of hydrogen-bond acceptors (Lipinski definition) is 4. The van der Waals surface area contributed by atoms with Crippen molar-refractivity contribution in [3.8, 4) is 6.07 Å². The predicted molar refractivity (Wildman–Crippen MR) is 79.8 cm³/mol. The fourth-order valence-corrected chi connectivity index (χ4v) is 2.25. The average Bonchev–Trinajstić information content (AvgIpc) is 2.90. The third-order valence-electron chi connectivity index (χ3n) is 3.38. The summed E-state index contributed by atoms with van der Waals surface area (Å²) in [5.74, 6) is 0. The van der Waals surface area contributed by atoms with Crippen LogP contribution in [0.1, 0.15) is 11.1 Å². The summed E-state index contributed by atoms with van der Waals surface area (Å²) in [7, 11) is -1.45. The number of fused-ring (bicyclic) bond motifs is 1. The average molecular weight is 277 g/mol. The first-order valence-electron chi connectivity index (χ1n) is 6.47. The molecule has 0 aliphatic heterocycles. The first-order chi connectivity index (χ1) is 10.2. The zero-order chi connectivity index (χ0) is 14.8. The SMILES string of the molecule is N#Cc1ccc2c(c1)ncn2Cc1ccc(B(O)O)cc1. The van der Waals surface area contributed by atoms with Crippen LogP contribution in [0.5, 0.6) is 0 Å². The first-order valence-corrected chi connectivity index (χ1v) is 6.47. The number of aromatic nitrogens is 2. The van der Waals surface area contributed by atoms with Crippen molar-refractivity contribution in [1.82, 2.24) is 9.55 Å². The van der Waals surface area contributed by atoms with Crippen LogP contribution in [0.2, 0.25) is 0 Å². The van der Waals surface area contributed by atoms with Gasteiger partial charge in [0, 0.05) is 6.54 Å². The van der Waals surface area contributed by atoms with E-state index in [1.54, 1.807) is 30.6 Å². The van der Waals surface area contributed by atoms with Gasteiger partial charge in [-0.2, -0.15) is 5.26 Å². The number of benzene rings is 2. The van der Waals surface area contributed by atoms with Gasteiger partial charge in [0.25, 0.3) is 0 Å². The molecule has 0 aliphatic carbocycles. The molecule has 0 saturated carbocycles. The highest BCUT2D eigenvalue weighted by Gasteiger charge is 2.10. The molecule has 3 rings (SSSR count). The molecule has 0 fully saturated rings. The molecule has 0 amide bonds. The molecule has 6 heteroatoms. The van der Waals surface area contributed by atoms with Gasteiger partial charge in [0.05, 0.1) is 29.0 Å². The molecule has 0 saturated heterocycles. The van der Waals surface area contributed by atoms with Crippen molar-refractivity contribution in [1.29, 1.82) is 5.26 Å². The van der Waals surface area contributed by atoms with Gasteiger partial charge < -0.3 is 14.6 Å². The zero-order valence-electron chi connectivity index (χ0n) is 11.1. The van der Waals surface area contributed by atoms with Gasteiger partial charge in [0.15, 0.2) is 0 Å². The fourth-order valence-electron chi connectivity index (χ4n) is 2.25. The van der Waals surface area contributed by atoms with E-state index in [1.165, 1.54) is 0 Å². The van der Waals surface area contributed by atoms with Crippen LogP contribution in [-0.2, 0) is 6.54 Å². The van der Waals surface area contributed by atoms with E-state index in [2.05, 4.69) is 11.1 Å². The molecule has 0 atom stereocenters. The van der Waals surface area contributed by atoms with Crippen molar-refractivity contribution in [3.05, 3.63) is 59.9 Å². The highest BCUT2D eigenvalue weighted by Crippen LogP contribution is 2.16. The van der Waals surface area contributed by atoms with Gasteiger partial charge >= 0.3 is 7.12 Å². The highest BCUT2D eigenvalue weighted by atomic mass is 16.4. The van der Waals surface area contributed by atoms with Gasteiger partial charge in [-0.3, -0.25) is 0 Å². The maximum atomic E-state index is 9.08. The molecular weight excluding hydrogens is 265 g/mol. The first kappa shape index (κ1) is 13.4. The van der Waals surface area contributed by atoms with Gasteiger partial charge in [0.2, 0.25) is 0 Å². The Morgan fingerprint density at radius 3 is 2.57 bits per heavy atom. The number of nitriles is 1. The Labute approximate surface area is 121 Å². The molecule has 0 bridgehead atoms. The van der Waals surface area contributed by atoms with E-state index in [-0.39, 0.29) is 0 Å². The quantitative estimate of drug-likeness (QED) is 0.688. The van der Waals surface area contributed by atoms with Crippen LogP contribution in [0.15, 0.2) is 48.8 Å². The second kappa shape index (κ2) is 5.41. The van der Waals surface area contributed by atoms with E-state index >= 15 is 0 Å². The Kier molecular flexibility index (Phi) is 3.44. The van der Waals surface area contributed by atoms with Crippen LogP contribution >= 0.6 is 0 Å². The van der Waals surface area contributed by atoms with Crippen molar-refractivity contribution in [3.63, 3.8) is 0 Å². The highest BCUT2D eigenvalue weighted by molar-refractivity contribution is 6.58. The van der Waals surface area contributed by atoms with Gasteiger partial charge in [0.1, 0.15) is 0 Å². The number of imidazole rings is 1. The minimum Gasteiger partial charge on any atom is -0.423 e. The molecule has 1 heterocycles. The van der Waals surface area contributed by atoms with E-state index in [0.717, 1.165) is 16.6 Å². The van der Waals surface area contributed by atoms with E-state index in [9.17, 15) is 0 Å². The van der Waals surface area contributed by atoms with Gasteiger partial charge in [-0.25, -0.2) is 4.98 Å². The summed E-state index contributed by atoms with van der Waals surface area (Å²) in [6.45, 7) is 0.629. The summed E-state index contributed by atoms with van der Waals surface area (Å²) in [6.07, 6.45) is 1.74. The Morgan fingerprint density at radius 2 is 1.90 bits per heavy atom. The minimum atomic E-state index is -1.45. The van der Waals surface area contributed by atoms with Gasteiger partial charge in [-0.1, -0.05) is 24.3 Å². The lowest BCUT2D eigenvalue weighted by Gasteiger charge is -2.06. The third kappa shape index (κ3) is 2.65. The topological polar surface area (TPSA) is 82.1 Å². The van der Waals surface area contributed by atoms with Gasteiger partial charge in [-0.05, 0) is 29.2 Å². The summed E-state index contributed by atoms with van der Waals surface area (Å²) >= 11 is 0. The monoisotopic (exact) mass is 277 g/mol. The molecule has 0 spiro atoms. The maximum Gasteiger partial charge on any atom is 0.488 e. The second-order valence-corrected chi connectivity index (χ2v) is 4.80. The van der Waals surface area contributed by atoms with Crippen molar-refractivity contribution >= 4 is 23.6 Å². The lowest BCUT2D eigenvalue weighted by Crippen LogP contribution is -2.29. The van der Waals surface area contributed by atoms with Crippen LogP contribution in [0.25, 0.3) is 11.0 Å². The lowest BCUT2D eigenvalue weighted by atomic mass is 9.80. The number of nitrogens with zero attached hydrogens (tertiary/aromatic N) is 3. The van der Waals surface area contributed by atoms with Crippen molar-refractivity contribution in [2.24, 2.45) is 0 Å². The van der Waals surface area contributed by atoms with Crippen LogP contribution in [0, 0.1) is 11.3 Å². The largest absolute Gasteiger partial charge is 0.488 e. The molecule has 5 nitrogen and oxygen atoms in total. The molecule has 1 aromatic heterocycles. The van der Waals surface area contributed by atoms with Crippen LogP contribution in [-0.4, -0.2) is 26.7 Å². The summed E-state index contributed by atoms with van der Waals surface area (Å²) in [4.78, 5) is 4.30. The molecule has 0 unspecified atom stereocenters. The van der Waals surface area contributed by atoms with Crippen LogP contribution in [0.3, 0.4) is 0 Å². The fraction of sp³-hybridized carbons (Fsp3) is 0.0667. The zero-order valence-corrected chi connectivity index (χ0v) is 11.1. The van der Waals surface area contributed by atoms with E-state index < -0.39 is 7.12 Å². The third-order valence-corrected chi connectivity index (χ3v) is 3.38. The smallest absolute Gasteiger partial charge is 0.423 e. The van der Waals surface area contributed by atoms with Crippen LogP contribution in [0.4, 0.5) is 0 Å².